The van der Waals surface area contributed by atoms with Crippen LogP contribution in [-0.4, -0.2) is 9.97 Å². The number of hydrogen-bond acceptors (Lipinski definition) is 4. The molecule has 0 amide bonds. The molecule has 0 spiro atoms. The van der Waals surface area contributed by atoms with E-state index in [0.29, 0.717) is 4.99 Å². The number of nitrogens with zero attached hydrogens (tertiary/aromatic N) is 1. The third-order valence-corrected chi connectivity index (χ3v) is 3.75. The zero-order chi connectivity index (χ0) is 13.1. The number of hydrogen-bond donors (Lipinski definition) is 2. The molecule has 3 nitrogen and oxygen atoms in total. The second-order valence-corrected chi connectivity index (χ2v) is 5.89. The van der Waals surface area contributed by atoms with Gasteiger partial charge in [0.1, 0.15) is 10.8 Å². The largest absolute Gasteiger partial charge is 0.389 e. The number of nitrogens with one attached hydrogen (secondary N) is 1. The first kappa shape index (κ1) is 13.0. The lowest BCUT2D eigenvalue weighted by atomic mass is 10.2. The van der Waals surface area contributed by atoms with Crippen molar-refractivity contribution in [2.45, 2.75) is 20.4 Å². The molecule has 0 saturated carbocycles. The van der Waals surface area contributed by atoms with Crippen LogP contribution in [0.3, 0.4) is 0 Å². The van der Waals surface area contributed by atoms with E-state index in [0.717, 1.165) is 23.6 Å². The molecule has 0 aliphatic carbocycles. The van der Waals surface area contributed by atoms with E-state index in [-0.39, 0.29) is 0 Å². The molecule has 0 atom stereocenters. The van der Waals surface area contributed by atoms with Gasteiger partial charge in [-0.3, -0.25) is 0 Å². The van der Waals surface area contributed by atoms with E-state index in [2.05, 4.69) is 29.4 Å². The van der Waals surface area contributed by atoms with Gasteiger partial charge in [-0.25, -0.2) is 4.98 Å². The Balaban J connectivity index is 2.17. The van der Waals surface area contributed by atoms with Gasteiger partial charge in [0.2, 0.25) is 0 Å². The van der Waals surface area contributed by atoms with Gasteiger partial charge < -0.3 is 11.1 Å². The summed E-state index contributed by atoms with van der Waals surface area (Å²) >= 11 is 6.80. The number of pyridine rings is 1. The Labute approximate surface area is 116 Å². The molecule has 0 bridgehead atoms. The average molecular weight is 277 g/mol. The SMILES string of the molecule is Cc1ccc(C(N)=S)c(NCc2ccc(C)s2)n1. The van der Waals surface area contributed by atoms with Crippen molar-refractivity contribution in [1.29, 1.82) is 0 Å². The van der Waals surface area contributed by atoms with Gasteiger partial charge in [-0.1, -0.05) is 12.2 Å². The zero-order valence-electron chi connectivity index (χ0n) is 10.4. The highest BCUT2D eigenvalue weighted by Crippen LogP contribution is 2.18. The molecular formula is C13H15N3S2. The smallest absolute Gasteiger partial charge is 0.136 e. The summed E-state index contributed by atoms with van der Waals surface area (Å²) in [7, 11) is 0. The fourth-order valence-corrected chi connectivity index (χ4v) is 2.64. The molecule has 2 aromatic rings. The van der Waals surface area contributed by atoms with E-state index in [1.807, 2.05) is 19.1 Å². The zero-order valence-corrected chi connectivity index (χ0v) is 12.0. The molecule has 0 fully saturated rings. The Morgan fingerprint density at radius 1 is 1.33 bits per heavy atom. The minimum atomic E-state index is 0.368. The van der Waals surface area contributed by atoms with Crippen LogP contribution in [0.4, 0.5) is 5.82 Å². The molecule has 0 aliphatic rings. The Morgan fingerprint density at radius 3 is 2.72 bits per heavy atom. The van der Waals surface area contributed by atoms with Crippen LogP contribution in [0.5, 0.6) is 0 Å². The summed E-state index contributed by atoms with van der Waals surface area (Å²) in [6.45, 7) is 4.79. The van der Waals surface area contributed by atoms with Gasteiger partial charge in [-0.15, -0.1) is 11.3 Å². The van der Waals surface area contributed by atoms with Crippen LogP contribution in [0.15, 0.2) is 24.3 Å². The van der Waals surface area contributed by atoms with Gasteiger partial charge in [0, 0.05) is 15.4 Å². The van der Waals surface area contributed by atoms with E-state index in [4.69, 9.17) is 18.0 Å². The molecule has 2 aromatic heterocycles. The van der Waals surface area contributed by atoms with Crippen LogP contribution in [0.1, 0.15) is 21.0 Å². The van der Waals surface area contributed by atoms with E-state index >= 15 is 0 Å². The number of aryl methyl sites for hydroxylation is 2. The summed E-state index contributed by atoms with van der Waals surface area (Å²) in [5.74, 6) is 0.758. The molecule has 0 radical (unpaired) electrons. The second-order valence-electron chi connectivity index (χ2n) is 4.08. The van der Waals surface area contributed by atoms with Gasteiger partial charge in [-0.2, -0.15) is 0 Å². The van der Waals surface area contributed by atoms with Crippen molar-refractivity contribution in [3.8, 4) is 0 Å². The topological polar surface area (TPSA) is 50.9 Å². The molecule has 0 saturated heterocycles. The quantitative estimate of drug-likeness (QED) is 0.844. The summed E-state index contributed by atoms with van der Waals surface area (Å²) in [5, 5.41) is 3.30. The van der Waals surface area contributed by atoms with Crippen molar-refractivity contribution in [2.75, 3.05) is 5.32 Å². The van der Waals surface area contributed by atoms with Gasteiger partial charge in [0.05, 0.1) is 12.1 Å². The molecule has 5 heteroatoms. The fraction of sp³-hybridized carbons (Fsp3) is 0.231. The number of aromatic nitrogens is 1. The van der Waals surface area contributed by atoms with Crippen molar-refractivity contribution >= 4 is 34.4 Å². The maximum Gasteiger partial charge on any atom is 0.136 e. The monoisotopic (exact) mass is 277 g/mol. The summed E-state index contributed by atoms with van der Waals surface area (Å²) in [4.78, 5) is 7.38. The number of anilines is 1. The number of thiophene rings is 1. The lowest BCUT2D eigenvalue weighted by Crippen LogP contribution is -2.14. The highest BCUT2D eigenvalue weighted by atomic mass is 32.1. The summed E-state index contributed by atoms with van der Waals surface area (Å²) in [6.07, 6.45) is 0. The first-order valence-corrected chi connectivity index (χ1v) is 6.85. The van der Waals surface area contributed by atoms with Crippen LogP contribution in [-0.2, 0) is 6.54 Å². The predicted molar refractivity (Wildman–Crippen MR) is 81.2 cm³/mol. The van der Waals surface area contributed by atoms with E-state index in [9.17, 15) is 0 Å². The van der Waals surface area contributed by atoms with Crippen LogP contribution in [0, 0.1) is 13.8 Å². The highest BCUT2D eigenvalue weighted by Gasteiger charge is 2.07. The third kappa shape index (κ3) is 3.05. The first-order valence-electron chi connectivity index (χ1n) is 5.63. The van der Waals surface area contributed by atoms with Crippen molar-refractivity contribution in [3.63, 3.8) is 0 Å². The Bertz CT molecular complexity index is 575. The molecule has 18 heavy (non-hydrogen) atoms. The van der Waals surface area contributed by atoms with Gasteiger partial charge in [0.25, 0.3) is 0 Å². The predicted octanol–water partition coefficient (Wildman–Crippen LogP) is 3.01. The summed E-state index contributed by atoms with van der Waals surface area (Å²) in [5.41, 5.74) is 7.43. The fourth-order valence-electron chi connectivity index (χ4n) is 1.64. The van der Waals surface area contributed by atoms with Crippen LogP contribution in [0.2, 0.25) is 0 Å². The number of nitrogens with two attached hydrogens (primary N) is 1. The van der Waals surface area contributed by atoms with Crippen molar-refractivity contribution in [1.82, 2.24) is 4.98 Å². The number of thiocarbonyl (C=S) groups is 1. The second kappa shape index (κ2) is 5.46. The average Bonchev–Trinajstić information content (AvgIpc) is 2.72. The molecule has 0 aliphatic heterocycles. The minimum absolute atomic E-state index is 0.368. The van der Waals surface area contributed by atoms with Gasteiger partial charge >= 0.3 is 0 Å². The van der Waals surface area contributed by atoms with Crippen LogP contribution >= 0.6 is 23.6 Å². The van der Waals surface area contributed by atoms with E-state index < -0.39 is 0 Å². The van der Waals surface area contributed by atoms with Gasteiger partial charge in [-0.05, 0) is 38.1 Å². The van der Waals surface area contributed by atoms with Gasteiger partial charge in [0.15, 0.2) is 0 Å². The van der Waals surface area contributed by atoms with Crippen LogP contribution < -0.4 is 11.1 Å². The van der Waals surface area contributed by atoms with E-state index in [1.165, 1.54) is 9.75 Å². The molecule has 2 rings (SSSR count). The molecule has 3 N–H and O–H groups in total. The maximum absolute atomic E-state index is 5.69. The Kier molecular flexibility index (Phi) is 3.93. The Morgan fingerprint density at radius 2 is 2.11 bits per heavy atom. The minimum Gasteiger partial charge on any atom is -0.389 e. The molecule has 2 heterocycles. The van der Waals surface area contributed by atoms with Crippen molar-refractivity contribution < 1.29 is 0 Å². The molecule has 0 unspecified atom stereocenters. The maximum atomic E-state index is 5.69. The highest BCUT2D eigenvalue weighted by molar-refractivity contribution is 7.80. The standard InChI is InChI=1S/C13H15N3S2/c1-8-3-6-11(12(14)17)13(16-8)15-7-10-5-4-9(2)18-10/h3-6H,7H2,1-2H3,(H2,14,17)(H,15,16). The summed E-state index contributed by atoms with van der Waals surface area (Å²) < 4.78 is 0. The van der Waals surface area contributed by atoms with E-state index in [1.54, 1.807) is 11.3 Å². The first-order chi connectivity index (χ1) is 8.56. The van der Waals surface area contributed by atoms with Crippen molar-refractivity contribution in [3.05, 3.63) is 45.3 Å². The lowest BCUT2D eigenvalue weighted by molar-refractivity contribution is 1.11. The third-order valence-electron chi connectivity index (χ3n) is 2.53. The Hall–Kier alpha value is -1.46. The summed E-state index contributed by atoms with van der Waals surface area (Å²) in [6, 6.07) is 8.05. The van der Waals surface area contributed by atoms with Crippen LogP contribution in [0.25, 0.3) is 0 Å². The van der Waals surface area contributed by atoms with Crippen molar-refractivity contribution in [2.24, 2.45) is 5.73 Å². The lowest BCUT2D eigenvalue weighted by Gasteiger charge is -2.10. The molecule has 94 valence electrons. The molecular weight excluding hydrogens is 262 g/mol. The normalized spacial score (nSPS) is 10.3. The number of rotatable bonds is 4. The molecule has 0 aromatic carbocycles.